The number of ether oxygens (including phenoxy) is 1. The topological polar surface area (TPSA) is 44.8 Å². The number of hydrogen-bond donors (Lipinski definition) is 0. The van der Waals surface area contributed by atoms with E-state index in [1.807, 2.05) is 66.7 Å². The van der Waals surface area contributed by atoms with Crippen molar-refractivity contribution >= 4 is 18.4 Å². The Morgan fingerprint density at radius 3 is 2.25 bits per heavy atom. The van der Waals surface area contributed by atoms with Gasteiger partial charge in [0.1, 0.15) is 12.4 Å². The first-order chi connectivity index (χ1) is 11.0. The Morgan fingerprint density at radius 2 is 1.75 bits per heavy atom. The van der Waals surface area contributed by atoms with Gasteiger partial charge in [0.05, 0.1) is 11.2 Å². The quantitative estimate of drug-likeness (QED) is 0.750. The molecule has 0 bridgehead atoms. The standard InChI is InChI=1S/C19H29BO4/c1-13(2)10-15(21)12-22-16-8-9-17(14(3)11-16)20-23-18(4,5)19(6,7)24-20/h8-9,11,13H,10,12H2,1-7H3. The van der Waals surface area contributed by atoms with Crippen LogP contribution in [0.25, 0.3) is 0 Å². The van der Waals surface area contributed by atoms with Crippen LogP contribution in [0.3, 0.4) is 0 Å². The van der Waals surface area contributed by atoms with E-state index in [2.05, 4.69) is 0 Å². The van der Waals surface area contributed by atoms with Crippen molar-refractivity contribution in [2.75, 3.05) is 6.61 Å². The fourth-order valence-corrected chi connectivity index (χ4v) is 2.65. The van der Waals surface area contributed by atoms with E-state index in [9.17, 15) is 4.79 Å². The van der Waals surface area contributed by atoms with Crippen LogP contribution in [0.1, 0.15) is 53.5 Å². The highest BCUT2D eigenvalue weighted by atomic mass is 16.7. The van der Waals surface area contributed by atoms with Gasteiger partial charge < -0.3 is 14.0 Å². The van der Waals surface area contributed by atoms with Crippen LogP contribution in [0.15, 0.2) is 18.2 Å². The average Bonchev–Trinajstić information content (AvgIpc) is 2.64. The first kappa shape index (κ1) is 19.0. The summed E-state index contributed by atoms with van der Waals surface area (Å²) in [7, 11) is -0.383. The molecule has 0 unspecified atom stereocenters. The first-order valence-electron chi connectivity index (χ1n) is 8.62. The maximum Gasteiger partial charge on any atom is 0.495 e. The molecule has 2 rings (SSSR count). The van der Waals surface area contributed by atoms with Crippen LogP contribution >= 0.6 is 0 Å². The second kappa shape index (κ2) is 6.89. The molecule has 1 fully saturated rings. The zero-order valence-electron chi connectivity index (χ0n) is 15.9. The predicted molar refractivity (Wildman–Crippen MR) is 96.9 cm³/mol. The molecule has 5 heteroatoms. The van der Waals surface area contributed by atoms with E-state index >= 15 is 0 Å². The van der Waals surface area contributed by atoms with Crippen LogP contribution in [-0.2, 0) is 14.1 Å². The molecular weight excluding hydrogens is 303 g/mol. The molecule has 0 aromatic heterocycles. The van der Waals surface area contributed by atoms with Gasteiger partial charge in [-0.1, -0.05) is 19.9 Å². The van der Waals surface area contributed by atoms with Crippen LogP contribution in [0, 0.1) is 12.8 Å². The van der Waals surface area contributed by atoms with Crippen LogP contribution in [0.2, 0.25) is 0 Å². The van der Waals surface area contributed by atoms with E-state index in [1.54, 1.807) is 0 Å². The van der Waals surface area contributed by atoms with Crippen molar-refractivity contribution in [2.24, 2.45) is 5.92 Å². The van der Waals surface area contributed by atoms with Gasteiger partial charge in [0.2, 0.25) is 0 Å². The molecule has 1 saturated heterocycles. The lowest BCUT2D eigenvalue weighted by Crippen LogP contribution is -2.41. The summed E-state index contributed by atoms with van der Waals surface area (Å²) < 4.78 is 17.8. The average molecular weight is 332 g/mol. The Hall–Kier alpha value is -1.33. The number of rotatable bonds is 6. The molecule has 0 saturated carbocycles. The van der Waals surface area contributed by atoms with Crippen molar-refractivity contribution in [3.05, 3.63) is 23.8 Å². The molecule has 0 N–H and O–H groups in total. The number of carbonyl (C=O) groups is 1. The van der Waals surface area contributed by atoms with Crippen LogP contribution in [-0.4, -0.2) is 30.7 Å². The van der Waals surface area contributed by atoms with Crippen molar-refractivity contribution < 1.29 is 18.8 Å². The number of ketones is 1. The molecule has 4 nitrogen and oxygen atoms in total. The summed E-state index contributed by atoms with van der Waals surface area (Å²) in [6.07, 6.45) is 0.547. The minimum atomic E-state index is -0.383. The van der Waals surface area contributed by atoms with Crippen molar-refractivity contribution in [1.29, 1.82) is 0 Å². The van der Waals surface area contributed by atoms with Gasteiger partial charge in [-0.25, -0.2) is 0 Å². The Labute approximate surface area is 146 Å². The van der Waals surface area contributed by atoms with Crippen molar-refractivity contribution in [1.82, 2.24) is 0 Å². The second-order valence-electron chi connectivity index (χ2n) is 8.03. The lowest BCUT2D eigenvalue weighted by atomic mass is 9.76. The fourth-order valence-electron chi connectivity index (χ4n) is 2.65. The van der Waals surface area contributed by atoms with Crippen LogP contribution in [0.4, 0.5) is 0 Å². The number of carbonyl (C=O) groups excluding carboxylic acids is 1. The molecular formula is C19H29BO4. The first-order valence-corrected chi connectivity index (χ1v) is 8.62. The van der Waals surface area contributed by atoms with Gasteiger partial charge in [-0.2, -0.15) is 0 Å². The third-order valence-corrected chi connectivity index (χ3v) is 4.78. The summed E-state index contributed by atoms with van der Waals surface area (Å²) in [5, 5.41) is 0. The minimum absolute atomic E-state index is 0.119. The second-order valence-corrected chi connectivity index (χ2v) is 8.03. The predicted octanol–water partition coefficient (Wildman–Crippen LogP) is 3.29. The summed E-state index contributed by atoms with van der Waals surface area (Å²) in [6.45, 7) is 14.3. The van der Waals surface area contributed by atoms with Crippen molar-refractivity contribution in [3.63, 3.8) is 0 Å². The molecule has 1 aliphatic heterocycles. The lowest BCUT2D eigenvalue weighted by molar-refractivity contribution is -0.121. The SMILES string of the molecule is Cc1cc(OCC(=O)CC(C)C)ccc1B1OC(C)(C)C(C)(C)O1. The molecule has 0 amide bonds. The van der Waals surface area contributed by atoms with Crippen LogP contribution < -0.4 is 10.2 Å². The normalized spacial score (nSPS) is 18.9. The van der Waals surface area contributed by atoms with E-state index in [1.165, 1.54) is 0 Å². The van der Waals surface area contributed by atoms with Gasteiger partial charge in [0.25, 0.3) is 0 Å². The van der Waals surface area contributed by atoms with E-state index in [0.717, 1.165) is 11.0 Å². The van der Waals surface area contributed by atoms with Gasteiger partial charge >= 0.3 is 7.12 Å². The Balaban J connectivity index is 2.04. The van der Waals surface area contributed by atoms with Gasteiger partial charge in [0.15, 0.2) is 5.78 Å². The van der Waals surface area contributed by atoms with E-state index < -0.39 is 0 Å². The van der Waals surface area contributed by atoms with Gasteiger partial charge in [-0.15, -0.1) is 0 Å². The lowest BCUT2D eigenvalue weighted by Gasteiger charge is -2.32. The maximum absolute atomic E-state index is 11.8. The highest BCUT2D eigenvalue weighted by Gasteiger charge is 2.52. The number of benzene rings is 1. The molecule has 24 heavy (non-hydrogen) atoms. The molecule has 0 radical (unpaired) electrons. The number of Topliss-reactive ketones (excluding diaryl/α,β-unsaturated/α-hetero) is 1. The molecule has 1 aliphatic rings. The monoisotopic (exact) mass is 332 g/mol. The highest BCUT2D eigenvalue weighted by Crippen LogP contribution is 2.36. The summed E-state index contributed by atoms with van der Waals surface area (Å²) in [5.74, 6) is 1.18. The van der Waals surface area contributed by atoms with Gasteiger partial charge in [-0.3, -0.25) is 4.79 Å². The summed E-state index contributed by atoms with van der Waals surface area (Å²) in [6, 6.07) is 5.76. The molecule has 132 valence electrons. The molecule has 0 atom stereocenters. The Morgan fingerprint density at radius 1 is 1.17 bits per heavy atom. The molecule has 1 aromatic rings. The van der Waals surface area contributed by atoms with Crippen molar-refractivity contribution in [2.45, 2.75) is 66.1 Å². The summed E-state index contributed by atoms with van der Waals surface area (Å²) in [4.78, 5) is 11.8. The third-order valence-electron chi connectivity index (χ3n) is 4.78. The maximum atomic E-state index is 11.8. The summed E-state index contributed by atoms with van der Waals surface area (Å²) >= 11 is 0. The zero-order chi connectivity index (χ0) is 18.1. The van der Waals surface area contributed by atoms with E-state index in [4.69, 9.17) is 14.0 Å². The minimum Gasteiger partial charge on any atom is -0.486 e. The van der Waals surface area contributed by atoms with Crippen molar-refractivity contribution in [3.8, 4) is 5.75 Å². The molecule has 1 heterocycles. The van der Waals surface area contributed by atoms with E-state index in [0.29, 0.717) is 18.1 Å². The zero-order valence-corrected chi connectivity index (χ0v) is 15.9. The molecule has 0 spiro atoms. The molecule has 1 aromatic carbocycles. The Kier molecular flexibility index (Phi) is 5.45. The van der Waals surface area contributed by atoms with Crippen LogP contribution in [0.5, 0.6) is 5.75 Å². The van der Waals surface area contributed by atoms with Gasteiger partial charge in [-0.05, 0) is 63.7 Å². The number of hydrogen-bond acceptors (Lipinski definition) is 4. The third kappa shape index (κ3) is 4.20. The fraction of sp³-hybridized carbons (Fsp3) is 0.632. The largest absolute Gasteiger partial charge is 0.495 e. The number of aryl methyl sites for hydroxylation is 1. The Bertz CT molecular complexity index is 591. The van der Waals surface area contributed by atoms with Gasteiger partial charge in [0, 0.05) is 6.42 Å². The smallest absolute Gasteiger partial charge is 0.486 e. The summed E-state index contributed by atoms with van der Waals surface area (Å²) in [5.41, 5.74) is 1.31. The molecule has 0 aliphatic carbocycles. The highest BCUT2D eigenvalue weighted by molar-refractivity contribution is 6.62. The van der Waals surface area contributed by atoms with E-state index in [-0.39, 0.29) is 30.7 Å².